The Kier molecular flexibility index (Phi) is 3.99. The van der Waals surface area contributed by atoms with Crippen LogP contribution in [0, 0.1) is 0 Å². The van der Waals surface area contributed by atoms with Crippen molar-refractivity contribution in [2.75, 3.05) is 7.11 Å². The number of aromatic nitrogens is 1. The predicted octanol–water partition coefficient (Wildman–Crippen LogP) is 3.13. The van der Waals surface area contributed by atoms with Crippen molar-refractivity contribution in [3.63, 3.8) is 0 Å². The van der Waals surface area contributed by atoms with Gasteiger partial charge in [-0.25, -0.2) is 0 Å². The number of pyridine rings is 1. The Morgan fingerprint density at radius 2 is 2.11 bits per heavy atom. The Morgan fingerprint density at radius 1 is 1.33 bits per heavy atom. The van der Waals surface area contributed by atoms with Gasteiger partial charge in [0.2, 0.25) is 0 Å². The smallest absolute Gasteiger partial charge is 0.252 e. The summed E-state index contributed by atoms with van der Waals surface area (Å²) in [5.74, 6) is 1.02. The molecule has 18 heavy (non-hydrogen) atoms. The van der Waals surface area contributed by atoms with Crippen molar-refractivity contribution in [3.8, 4) is 17.0 Å². The van der Waals surface area contributed by atoms with Gasteiger partial charge < -0.3 is 9.72 Å². The summed E-state index contributed by atoms with van der Waals surface area (Å²) in [7, 11) is 1.56. The van der Waals surface area contributed by atoms with Crippen molar-refractivity contribution >= 4 is 24.2 Å². The fourth-order valence-corrected chi connectivity index (χ4v) is 2.14. The summed E-state index contributed by atoms with van der Waals surface area (Å²) in [5, 5.41) is 0.508. The molecule has 1 N–H and O–H groups in total. The predicted molar refractivity (Wildman–Crippen MR) is 76.8 cm³/mol. The largest absolute Gasteiger partial charge is 0.495 e. The number of ether oxygens (including phenoxy) is 1. The first-order valence-electron chi connectivity index (χ1n) is 5.32. The third kappa shape index (κ3) is 2.54. The van der Waals surface area contributed by atoms with Gasteiger partial charge in [0.05, 0.1) is 12.1 Å². The number of aromatic amines is 1. The molecule has 0 aliphatic carbocycles. The lowest BCUT2D eigenvalue weighted by molar-refractivity contribution is 0.415. The van der Waals surface area contributed by atoms with Gasteiger partial charge in [-0.1, -0.05) is 17.7 Å². The van der Waals surface area contributed by atoms with Gasteiger partial charge in [0.15, 0.2) is 0 Å². The third-order valence-corrected chi connectivity index (χ3v) is 3.26. The highest BCUT2D eigenvalue weighted by atomic mass is 35.5. The molecule has 3 nitrogen and oxygen atoms in total. The lowest BCUT2D eigenvalue weighted by Crippen LogP contribution is -2.11. The second kappa shape index (κ2) is 5.50. The highest BCUT2D eigenvalue weighted by molar-refractivity contribution is 7.79. The Bertz CT molecular complexity index is 625. The summed E-state index contributed by atoms with van der Waals surface area (Å²) in [5.41, 5.74) is 2.06. The summed E-state index contributed by atoms with van der Waals surface area (Å²) >= 11 is 10.1. The van der Waals surface area contributed by atoms with Crippen LogP contribution in [0.3, 0.4) is 0 Å². The van der Waals surface area contributed by atoms with Gasteiger partial charge in [-0.3, -0.25) is 4.79 Å². The van der Waals surface area contributed by atoms with E-state index in [4.69, 9.17) is 16.3 Å². The Hall–Kier alpha value is -1.39. The molecule has 1 aromatic heterocycles. The van der Waals surface area contributed by atoms with Crippen molar-refractivity contribution < 1.29 is 4.74 Å². The van der Waals surface area contributed by atoms with E-state index in [1.54, 1.807) is 25.3 Å². The van der Waals surface area contributed by atoms with Crippen LogP contribution in [0.25, 0.3) is 11.3 Å². The number of thiol groups is 1. The van der Waals surface area contributed by atoms with Crippen molar-refractivity contribution in [1.82, 2.24) is 4.98 Å². The summed E-state index contributed by atoms with van der Waals surface area (Å²) in [6.07, 6.45) is 0. The zero-order valence-corrected chi connectivity index (χ0v) is 11.4. The SMILES string of the molecule is COc1ccc(-c2ccc(CS)c(=O)[nH]2)cc1Cl. The number of methoxy groups -OCH3 is 1. The normalized spacial score (nSPS) is 10.4. The van der Waals surface area contributed by atoms with Crippen molar-refractivity contribution in [2.45, 2.75) is 5.75 Å². The van der Waals surface area contributed by atoms with Gasteiger partial charge in [-0.05, 0) is 29.8 Å². The molecule has 2 aromatic rings. The monoisotopic (exact) mass is 281 g/mol. The zero-order chi connectivity index (χ0) is 13.1. The van der Waals surface area contributed by atoms with Gasteiger partial charge in [0.25, 0.3) is 5.56 Å². The van der Waals surface area contributed by atoms with Crippen LogP contribution in [0.1, 0.15) is 5.56 Å². The summed E-state index contributed by atoms with van der Waals surface area (Å²) in [6.45, 7) is 0. The molecule has 2 rings (SSSR count). The number of benzene rings is 1. The highest BCUT2D eigenvalue weighted by Gasteiger charge is 2.05. The quantitative estimate of drug-likeness (QED) is 0.849. The summed E-state index contributed by atoms with van der Waals surface area (Å²) in [6, 6.07) is 8.97. The van der Waals surface area contributed by atoms with Gasteiger partial charge in [-0.2, -0.15) is 12.6 Å². The van der Waals surface area contributed by atoms with E-state index in [1.165, 1.54) is 0 Å². The maximum absolute atomic E-state index is 11.7. The molecule has 94 valence electrons. The first kappa shape index (κ1) is 13.1. The standard InChI is InChI=1S/C13H12ClNO2S/c1-17-12-5-3-8(6-10(12)14)11-4-2-9(7-18)13(16)15-11/h2-6,18H,7H2,1H3,(H,15,16). The van der Waals surface area contributed by atoms with Crippen LogP contribution in [0.5, 0.6) is 5.75 Å². The zero-order valence-electron chi connectivity index (χ0n) is 9.74. The molecule has 5 heteroatoms. The minimum Gasteiger partial charge on any atom is -0.495 e. The van der Waals surface area contributed by atoms with Crippen LogP contribution in [0.15, 0.2) is 35.1 Å². The minimum atomic E-state index is -0.130. The highest BCUT2D eigenvalue weighted by Crippen LogP contribution is 2.28. The summed E-state index contributed by atoms with van der Waals surface area (Å²) in [4.78, 5) is 14.5. The number of hydrogen-bond acceptors (Lipinski definition) is 3. The van der Waals surface area contributed by atoms with Crippen molar-refractivity contribution in [1.29, 1.82) is 0 Å². The molecule has 0 saturated heterocycles. The number of nitrogens with one attached hydrogen (secondary N) is 1. The van der Waals surface area contributed by atoms with Crippen LogP contribution in [0.2, 0.25) is 5.02 Å². The van der Waals surface area contributed by atoms with Gasteiger partial charge in [0.1, 0.15) is 5.75 Å². The van der Waals surface area contributed by atoms with Crippen LogP contribution < -0.4 is 10.3 Å². The van der Waals surface area contributed by atoms with E-state index >= 15 is 0 Å². The third-order valence-electron chi connectivity index (χ3n) is 2.62. The molecule has 0 fully saturated rings. The molecular weight excluding hydrogens is 270 g/mol. The average Bonchev–Trinajstić information content (AvgIpc) is 2.38. The maximum atomic E-state index is 11.7. The van der Waals surface area contributed by atoms with E-state index in [-0.39, 0.29) is 5.56 Å². The maximum Gasteiger partial charge on any atom is 0.252 e. The van der Waals surface area contributed by atoms with Gasteiger partial charge in [-0.15, -0.1) is 0 Å². The van der Waals surface area contributed by atoms with Gasteiger partial charge >= 0.3 is 0 Å². The van der Waals surface area contributed by atoms with E-state index < -0.39 is 0 Å². The van der Waals surface area contributed by atoms with Gasteiger partial charge in [0, 0.05) is 17.0 Å². The molecule has 0 amide bonds. The van der Waals surface area contributed by atoms with Crippen LogP contribution in [0.4, 0.5) is 0 Å². The molecule has 0 unspecified atom stereocenters. The molecule has 0 spiro atoms. The molecule has 0 radical (unpaired) electrons. The van der Waals surface area contributed by atoms with E-state index in [2.05, 4.69) is 17.6 Å². The number of hydrogen-bond donors (Lipinski definition) is 2. The van der Waals surface area contributed by atoms with E-state index in [9.17, 15) is 4.79 Å². The first-order valence-corrected chi connectivity index (χ1v) is 6.33. The molecule has 0 atom stereocenters. The molecule has 0 aliphatic heterocycles. The van der Waals surface area contributed by atoms with E-state index in [1.807, 2.05) is 12.1 Å². The molecular formula is C13H12ClNO2S. The average molecular weight is 282 g/mol. The fraction of sp³-hybridized carbons (Fsp3) is 0.154. The Labute approximate surface area is 115 Å². The molecule has 0 saturated carbocycles. The van der Waals surface area contributed by atoms with Crippen LogP contribution in [-0.2, 0) is 5.75 Å². The number of halogens is 1. The first-order chi connectivity index (χ1) is 8.65. The Balaban J connectivity index is 2.46. The van der Waals surface area contributed by atoms with Crippen LogP contribution in [-0.4, -0.2) is 12.1 Å². The fourth-order valence-electron chi connectivity index (χ4n) is 1.63. The Morgan fingerprint density at radius 3 is 2.67 bits per heavy atom. The molecule has 1 heterocycles. The van der Waals surface area contributed by atoms with Crippen molar-refractivity contribution in [2.24, 2.45) is 0 Å². The number of rotatable bonds is 3. The van der Waals surface area contributed by atoms with E-state index in [0.717, 1.165) is 11.3 Å². The lowest BCUT2D eigenvalue weighted by Gasteiger charge is -2.06. The molecule has 1 aromatic carbocycles. The molecule has 0 bridgehead atoms. The lowest BCUT2D eigenvalue weighted by atomic mass is 10.1. The number of H-pyrrole nitrogens is 1. The molecule has 0 aliphatic rings. The second-order valence-corrected chi connectivity index (χ2v) is 4.46. The second-order valence-electron chi connectivity index (χ2n) is 3.73. The van der Waals surface area contributed by atoms with E-state index in [0.29, 0.717) is 22.1 Å². The topological polar surface area (TPSA) is 42.1 Å². The minimum absolute atomic E-state index is 0.130. The van der Waals surface area contributed by atoms with Crippen LogP contribution >= 0.6 is 24.2 Å². The van der Waals surface area contributed by atoms with Crippen molar-refractivity contribution in [3.05, 3.63) is 51.3 Å². The summed E-state index contributed by atoms with van der Waals surface area (Å²) < 4.78 is 5.08.